The van der Waals surface area contributed by atoms with Crippen LogP contribution < -0.4 is 11.2 Å². The number of aliphatic hydroxyl groups is 3. The number of aromatic amines is 1. The quantitative estimate of drug-likeness (QED) is 0.579. The van der Waals surface area contributed by atoms with Gasteiger partial charge in [-0.15, -0.1) is 0 Å². The number of H-pyrrole nitrogens is 1. The van der Waals surface area contributed by atoms with Gasteiger partial charge in [-0.3, -0.25) is 14.3 Å². The van der Waals surface area contributed by atoms with Gasteiger partial charge in [-0.25, -0.2) is 4.79 Å². The maximum Gasteiger partial charge on any atom is 0.416 e. The molecule has 0 spiro atoms. The molecule has 0 saturated carbocycles. The van der Waals surface area contributed by atoms with Crippen LogP contribution >= 0.6 is 0 Å². The van der Waals surface area contributed by atoms with Crippen molar-refractivity contribution in [2.45, 2.75) is 30.7 Å². The van der Waals surface area contributed by atoms with Crippen molar-refractivity contribution in [3.05, 3.63) is 56.9 Å². The number of hydrogen-bond acceptors (Lipinski definition) is 6. The fourth-order valence-corrected chi connectivity index (χ4v) is 2.83. The monoisotopic (exact) mass is 388 g/mol. The lowest BCUT2D eigenvalue weighted by atomic mass is 10.1. The maximum atomic E-state index is 12.7. The summed E-state index contributed by atoms with van der Waals surface area (Å²) in [5.41, 5.74) is -2.74. The van der Waals surface area contributed by atoms with Gasteiger partial charge >= 0.3 is 11.9 Å². The first-order valence-corrected chi connectivity index (χ1v) is 7.79. The third-order valence-electron chi connectivity index (χ3n) is 4.28. The van der Waals surface area contributed by atoms with E-state index in [0.29, 0.717) is 0 Å². The van der Waals surface area contributed by atoms with E-state index in [2.05, 4.69) is 0 Å². The first kappa shape index (κ1) is 19.3. The highest BCUT2D eigenvalue weighted by Crippen LogP contribution is 2.31. The molecular formula is C16H15F3N2O6. The fraction of sp³-hybridized carbons (Fsp3) is 0.375. The molecule has 3 rings (SSSR count). The lowest BCUT2D eigenvalue weighted by Crippen LogP contribution is -2.38. The van der Waals surface area contributed by atoms with Gasteiger partial charge in [-0.05, 0) is 17.7 Å². The van der Waals surface area contributed by atoms with E-state index in [1.54, 1.807) is 0 Å². The van der Waals surface area contributed by atoms with Crippen molar-refractivity contribution in [1.29, 1.82) is 0 Å². The molecule has 1 aromatic heterocycles. The molecule has 1 aliphatic heterocycles. The van der Waals surface area contributed by atoms with Crippen LogP contribution in [0.4, 0.5) is 13.2 Å². The van der Waals surface area contributed by atoms with E-state index in [9.17, 15) is 33.0 Å². The van der Waals surface area contributed by atoms with Crippen LogP contribution in [0.5, 0.6) is 0 Å². The van der Waals surface area contributed by atoms with Gasteiger partial charge in [0.1, 0.15) is 18.3 Å². The summed E-state index contributed by atoms with van der Waals surface area (Å²) in [5, 5.41) is 29.0. The van der Waals surface area contributed by atoms with Crippen molar-refractivity contribution in [3.63, 3.8) is 0 Å². The molecule has 2 aromatic rings. The maximum absolute atomic E-state index is 12.7. The van der Waals surface area contributed by atoms with Crippen LogP contribution in [0.15, 0.2) is 40.1 Å². The van der Waals surface area contributed by atoms with Crippen molar-refractivity contribution in [2.24, 2.45) is 0 Å². The molecule has 0 amide bonds. The number of nitrogens with one attached hydrogen (secondary N) is 1. The second-order valence-corrected chi connectivity index (χ2v) is 6.01. The number of rotatable bonds is 3. The molecule has 4 atom stereocenters. The Kier molecular flexibility index (Phi) is 4.95. The zero-order valence-electron chi connectivity index (χ0n) is 13.6. The van der Waals surface area contributed by atoms with Crippen LogP contribution in [0, 0.1) is 0 Å². The molecule has 1 saturated heterocycles. The standard InChI is InChI=1S/C16H15F3N2O6/c17-16(18,19)8-3-1-7(2-4-8)9-5-21(15(26)20-13(9)25)14-12(24)11(23)10(6-22)27-14/h1-5,10-12,14,22-24H,6H2,(H,20,25,26)/t10-,11-,12-,14-/m1/s1. The molecule has 0 aliphatic carbocycles. The summed E-state index contributed by atoms with van der Waals surface area (Å²) in [7, 11) is 0. The van der Waals surface area contributed by atoms with E-state index in [-0.39, 0.29) is 11.1 Å². The summed E-state index contributed by atoms with van der Waals surface area (Å²) in [6.07, 6.45) is -9.09. The number of ether oxygens (including phenoxy) is 1. The van der Waals surface area contributed by atoms with Crippen LogP contribution in [0.25, 0.3) is 11.1 Å². The lowest BCUT2D eigenvalue weighted by molar-refractivity contribution is -0.137. The van der Waals surface area contributed by atoms with Gasteiger partial charge < -0.3 is 20.1 Å². The number of nitrogens with zero attached hydrogens (tertiary/aromatic N) is 1. The number of aliphatic hydroxyl groups excluding tert-OH is 3. The molecule has 0 unspecified atom stereocenters. The van der Waals surface area contributed by atoms with Crippen LogP contribution in [0.2, 0.25) is 0 Å². The summed E-state index contributed by atoms with van der Waals surface area (Å²) in [6.45, 7) is -0.613. The second-order valence-electron chi connectivity index (χ2n) is 6.01. The predicted molar refractivity (Wildman–Crippen MR) is 84.8 cm³/mol. The highest BCUT2D eigenvalue weighted by atomic mass is 19.4. The van der Waals surface area contributed by atoms with Crippen LogP contribution in [-0.2, 0) is 10.9 Å². The van der Waals surface area contributed by atoms with Gasteiger partial charge in [0, 0.05) is 6.20 Å². The average Bonchev–Trinajstić information content (AvgIpc) is 2.89. The normalized spacial score (nSPS) is 25.7. The summed E-state index contributed by atoms with van der Waals surface area (Å²) in [6, 6.07) is 3.71. The lowest BCUT2D eigenvalue weighted by Gasteiger charge is -2.18. The number of hydrogen-bond donors (Lipinski definition) is 4. The fourth-order valence-electron chi connectivity index (χ4n) is 2.83. The minimum atomic E-state index is -4.54. The molecule has 0 bridgehead atoms. The minimum Gasteiger partial charge on any atom is -0.394 e. The van der Waals surface area contributed by atoms with Gasteiger partial charge in [0.25, 0.3) is 5.56 Å². The van der Waals surface area contributed by atoms with Crippen molar-refractivity contribution in [3.8, 4) is 11.1 Å². The van der Waals surface area contributed by atoms with Crippen LogP contribution in [0.1, 0.15) is 11.8 Å². The minimum absolute atomic E-state index is 0.102. The predicted octanol–water partition coefficient (Wildman–Crippen LogP) is -0.166. The van der Waals surface area contributed by atoms with Gasteiger partial charge in [-0.2, -0.15) is 13.2 Å². The van der Waals surface area contributed by atoms with Crippen molar-refractivity contribution >= 4 is 0 Å². The topological polar surface area (TPSA) is 125 Å². The number of aromatic nitrogens is 2. The SMILES string of the molecule is O=c1[nH]c(=O)n([C@@H]2O[C@H](CO)[C@@H](O)[C@H]2O)cc1-c1ccc(C(F)(F)F)cc1. The highest BCUT2D eigenvalue weighted by Gasteiger charge is 2.43. The van der Waals surface area contributed by atoms with Gasteiger partial charge in [0.05, 0.1) is 17.7 Å². The van der Waals surface area contributed by atoms with E-state index in [4.69, 9.17) is 9.84 Å². The molecule has 4 N–H and O–H groups in total. The molecule has 0 radical (unpaired) electrons. The van der Waals surface area contributed by atoms with Crippen molar-refractivity contribution in [1.82, 2.24) is 9.55 Å². The zero-order chi connectivity index (χ0) is 19.9. The van der Waals surface area contributed by atoms with E-state index < -0.39 is 54.1 Å². The van der Waals surface area contributed by atoms with E-state index in [0.717, 1.165) is 35.0 Å². The highest BCUT2D eigenvalue weighted by molar-refractivity contribution is 5.61. The molecular weight excluding hydrogens is 373 g/mol. The first-order chi connectivity index (χ1) is 12.6. The smallest absolute Gasteiger partial charge is 0.394 e. The van der Waals surface area contributed by atoms with E-state index in [1.807, 2.05) is 4.98 Å². The molecule has 1 aliphatic rings. The van der Waals surface area contributed by atoms with Crippen LogP contribution in [-0.4, -0.2) is 49.8 Å². The molecule has 2 heterocycles. The Labute approximate surface area is 149 Å². The molecule has 27 heavy (non-hydrogen) atoms. The molecule has 1 fully saturated rings. The second kappa shape index (κ2) is 6.93. The van der Waals surface area contributed by atoms with E-state index in [1.165, 1.54) is 0 Å². The van der Waals surface area contributed by atoms with Crippen molar-refractivity contribution in [2.75, 3.05) is 6.61 Å². The Balaban J connectivity index is 2.03. The molecule has 146 valence electrons. The Morgan fingerprint density at radius 2 is 1.74 bits per heavy atom. The van der Waals surface area contributed by atoms with Crippen molar-refractivity contribution < 1.29 is 33.2 Å². The number of halogens is 3. The number of benzene rings is 1. The molecule has 8 nitrogen and oxygen atoms in total. The largest absolute Gasteiger partial charge is 0.416 e. The Morgan fingerprint density at radius 3 is 2.26 bits per heavy atom. The molecule has 11 heteroatoms. The van der Waals surface area contributed by atoms with Gasteiger partial charge in [0.2, 0.25) is 0 Å². The Hall–Kier alpha value is -2.47. The summed E-state index contributed by atoms with van der Waals surface area (Å²) in [5.74, 6) is 0. The van der Waals surface area contributed by atoms with Crippen LogP contribution in [0.3, 0.4) is 0 Å². The third kappa shape index (κ3) is 3.54. The first-order valence-electron chi connectivity index (χ1n) is 7.79. The summed E-state index contributed by atoms with van der Waals surface area (Å²) in [4.78, 5) is 26.1. The summed E-state index contributed by atoms with van der Waals surface area (Å²) < 4.78 is 44.1. The number of alkyl halides is 3. The molecule has 1 aromatic carbocycles. The van der Waals surface area contributed by atoms with Gasteiger partial charge in [0.15, 0.2) is 6.23 Å². The summed E-state index contributed by atoms with van der Waals surface area (Å²) >= 11 is 0. The van der Waals surface area contributed by atoms with Gasteiger partial charge in [-0.1, -0.05) is 12.1 Å². The van der Waals surface area contributed by atoms with E-state index >= 15 is 0 Å². The average molecular weight is 388 g/mol. The Morgan fingerprint density at radius 1 is 1.11 bits per heavy atom. The Bertz CT molecular complexity index is 937. The third-order valence-corrected chi connectivity index (χ3v) is 4.28. The zero-order valence-corrected chi connectivity index (χ0v) is 13.6.